The molecule has 0 spiro atoms. The third-order valence-electron chi connectivity index (χ3n) is 11.8. The average Bonchev–Trinajstić information content (AvgIpc) is 3.82. The second kappa shape index (κ2) is 18.3. The molecule has 6 N–H and O–H groups in total. The van der Waals surface area contributed by atoms with Crippen molar-refractivity contribution in [1.29, 1.82) is 0 Å². The number of aromatic carboxylic acids is 3. The van der Waals surface area contributed by atoms with Crippen LogP contribution < -0.4 is 26.3 Å². The molecule has 0 fully saturated rings. The predicted octanol–water partition coefficient (Wildman–Crippen LogP) is 8.06. The van der Waals surface area contributed by atoms with Gasteiger partial charge in [0.2, 0.25) is 0 Å². The number of aromatic hydroxyl groups is 1. The van der Waals surface area contributed by atoms with Gasteiger partial charge in [0, 0.05) is 95.7 Å². The van der Waals surface area contributed by atoms with Crippen molar-refractivity contribution in [2.24, 2.45) is 4.99 Å². The number of nitrogens with zero attached hydrogens (tertiary/aromatic N) is 2. The third kappa shape index (κ3) is 8.54. The van der Waals surface area contributed by atoms with Crippen molar-refractivity contribution < 1.29 is 58.0 Å². The first-order chi connectivity index (χ1) is 33.6. The molecule has 5 aliphatic rings. The van der Waals surface area contributed by atoms with Gasteiger partial charge in [-0.2, -0.15) is 0 Å². The SMILES string of the molecule is CCN=c1ccc2c(-c3ccc(C(=O)NC=C4CC=C(C(=O)NCc5c(O)ccc6c(-c7ccc(C(=O)O)cc7C(=O)O)c7ccc(=O)cc-7oc56)O4)cc3C(=O)O)c3ccc(N(C)C)cc3oc-2c1. The minimum atomic E-state index is -1.41. The van der Waals surface area contributed by atoms with Crippen molar-refractivity contribution >= 4 is 57.3 Å². The third-order valence-corrected chi connectivity index (χ3v) is 11.8. The Morgan fingerprint density at radius 1 is 0.700 bits per heavy atom. The molecule has 0 saturated heterocycles. The fourth-order valence-electron chi connectivity index (χ4n) is 8.44. The molecule has 2 amide bonds. The normalized spacial score (nSPS) is 13.2. The van der Waals surface area contributed by atoms with Gasteiger partial charge in [-0.05, 0) is 96.9 Å². The van der Waals surface area contributed by atoms with Crippen LogP contribution in [0.4, 0.5) is 5.69 Å². The molecule has 0 unspecified atom stereocenters. The highest BCUT2D eigenvalue weighted by Gasteiger charge is 2.27. The molecule has 0 aromatic heterocycles. The van der Waals surface area contributed by atoms with E-state index < -0.39 is 35.2 Å². The number of carbonyl (C=O) groups is 5. The summed E-state index contributed by atoms with van der Waals surface area (Å²) in [6, 6.07) is 25.8. The quantitative estimate of drug-likeness (QED) is 0.0634. The van der Waals surface area contributed by atoms with Crippen LogP contribution in [-0.2, 0) is 16.1 Å². The Morgan fingerprint density at radius 2 is 1.34 bits per heavy atom. The molecule has 350 valence electrons. The van der Waals surface area contributed by atoms with E-state index in [9.17, 15) is 49.2 Å². The predicted molar refractivity (Wildman–Crippen MR) is 257 cm³/mol. The maximum Gasteiger partial charge on any atom is 0.336 e. The topological polar surface area (TPSA) is 259 Å². The monoisotopic (exact) mass is 940 g/mol. The summed E-state index contributed by atoms with van der Waals surface area (Å²) >= 11 is 0. The zero-order chi connectivity index (χ0) is 49.5. The number of phenols is 1. The van der Waals surface area contributed by atoms with Crippen molar-refractivity contribution in [3.8, 4) is 50.7 Å². The minimum absolute atomic E-state index is 0.00709. The fourth-order valence-corrected chi connectivity index (χ4v) is 8.44. The van der Waals surface area contributed by atoms with E-state index in [0.29, 0.717) is 50.9 Å². The highest BCUT2D eigenvalue weighted by molar-refractivity contribution is 6.11. The van der Waals surface area contributed by atoms with Gasteiger partial charge in [-0.1, -0.05) is 12.1 Å². The Bertz CT molecular complexity index is 3670. The van der Waals surface area contributed by atoms with Gasteiger partial charge in [-0.25, -0.2) is 14.4 Å². The fraction of sp³-hybridized carbons (Fsp3) is 0.113. The van der Waals surface area contributed by atoms with Crippen LogP contribution in [0.5, 0.6) is 5.75 Å². The standard InChI is InChI=1S/C53H40N4O13/c1-4-54-28-7-13-34-43(21-28)69-44-22-29(57(2)3)8-14-35(44)46(34)32-11-5-26(19-38(32)52(64)65)49(60)55-24-31-10-18-42(68-31)50(61)56-25-40-41(59)17-16-37-47(36-15-9-30(58)23-45(36)70-48(37)40)33-12-6-27(51(62)63)20-39(33)53(66)67/h5-9,11-24,59H,4,10,25H2,1-3H3,(H,55,60)(H,56,61)(H,62,63)(H,64,65)(H,66,67). The lowest BCUT2D eigenvalue weighted by molar-refractivity contribution is -0.120. The molecule has 4 aromatic rings. The first-order valence-corrected chi connectivity index (χ1v) is 21.6. The first kappa shape index (κ1) is 45.6. The maximum atomic E-state index is 13.5. The Morgan fingerprint density at radius 3 is 2.03 bits per heavy atom. The van der Waals surface area contributed by atoms with Crippen LogP contribution in [0.15, 0.2) is 146 Å². The summed E-state index contributed by atoms with van der Waals surface area (Å²) in [6.45, 7) is 2.14. The van der Waals surface area contributed by atoms with Crippen molar-refractivity contribution in [2.75, 3.05) is 25.5 Å². The van der Waals surface area contributed by atoms with E-state index in [1.165, 1.54) is 66.9 Å². The summed E-state index contributed by atoms with van der Waals surface area (Å²) in [5, 5.41) is 48.2. The maximum absolute atomic E-state index is 13.5. The smallest absolute Gasteiger partial charge is 0.336 e. The summed E-state index contributed by atoms with van der Waals surface area (Å²) in [4.78, 5) is 83.0. The van der Waals surface area contributed by atoms with Gasteiger partial charge in [0.25, 0.3) is 11.8 Å². The van der Waals surface area contributed by atoms with E-state index in [0.717, 1.165) is 11.8 Å². The summed E-state index contributed by atoms with van der Waals surface area (Å²) < 4.78 is 18.3. The van der Waals surface area contributed by atoms with Crippen molar-refractivity contribution in [3.05, 3.63) is 170 Å². The molecule has 70 heavy (non-hydrogen) atoms. The Hall–Kier alpha value is -9.51. The number of allylic oxidation sites excluding steroid dienone is 1. The molecule has 9 rings (SSSR count). The number of carboxylic acids is 3. The van der Waals surface area contributed by atoms with Crippen molar-refractivity contribution in [3.63, 3.8) is 0 Å². The molecule has 0 radical (unpaired) electrons. The van der Waals surface area contributed by atoms with Crippen LogP contribution in [0.1, 0.15) is 60.3 Å². The van der Waals surface area contributed by atoms with E-state index in [4.69, 9.17) is 13.6 Å². The second-order valence-electron chi connectivity index (χ2n) is 16.4. The largest absolute Gasteiger partial charge is 0.507 e. The number of benzene rings is 6. The molecule has 0 bridgehead atoms. The number of rotatable bonds is 12. The molecule has 17 nitrogen and oxygen atoms in total. The molecule has 3 aliphatic heterocycles. The summed E-state index contributed by atoms with van der Waals surface area (Å²) in [6.07, 6.45) is 2.82. The Labute approximate surface area is 396 Å². The minimum Gasteiger partial charge on any atom is -0.507 e. The molecule has 4 aromatic carbocycles. The Balaban J connectivity index is 0.953. The van der Waals surface area contributed by atoms with Gasteiger partial charge in [0.1, 0.15) is 34.2 Å². The van der Waals surface area contributed by atoms with Crippen LogP contribution in [0, 0.1) is 0 Å². The molecular formula is C53H40N4O13. The lowest BCUT2D eigenvalue weighted by atomic mass is 9.89. The van der Waals surface area contributed by atoms with Gasteiger partial charge in [0.15, 0.2) is 11.2 Å². The lowest BCUT2D eigenvalue weighted by Gasteiger charge is -2.19. The highest BCUT2D eigenvalue weighted by Crippen LogP contribution is 2.45. The van der Waals surface area contributed by atoms with E-state index in [-0.39, 0.29) is 85.9 Å². The molecule has 2 aliphatic carbocycles. The molecule has 0 atom stereocenters. The number of fused-ring (bicyclic) bond motifs is 4. The second-order valence-corrected chi connectivity index (χ2v) is 16.4. The summed E-state index contributed by atoms with van der Waals surface area (Å²) in [5.41, 5.74) is 2.69. The van der Waals surface area contributed by atoms with Gasteiger partial charge in [0.05, 0.1) is 34.2 Å². The van der Waals surface area contributed by atoms with Gasteiger partial charge < -0.3 is 49.5 Å². The van der Waals surface area contributed by atoms with Crippen LogP contribution in [0.3, 0.4) is 0 Å². The zero-order valence-corrected chi connectivity index (χ0v) is 37.4. The number of ether oxygens (including phenoxy) is 1. The molecular weight excluding hydrogens is 901 g/mol. The number of amides is 2. The Kier molecular flexibility index (Phi) is 11.9. The van der Waals surface area contributed by atoms with E-state index in [1.54, 1.807) is 12.1 Å². The molecule has 17 heteroatoms. The van der Waals surface area contributed by atoms with E-state index >= 15 is 0 Å². The van der Waals surface area contributed by atoms with Gasteiger partial charge >= 0.3 is 17.9 Å². The number of carboxylic acid groups (broad SMARTS) is 3. The number of hydrogen-bond acceptors (Lipinski definition) is 12. The van der Waals surface area contributed by atoms with Gasteiger partial charge in [-0.15, -0.1) is 0 Å². The first-order valence-electron chi connectivity index (χ1n) is 21.6. The number of hydrogen-bond donors (Lipinski definition) is 6. The summed E-state index contributed by atoms with van der Waals surface area (Å²) in [7, 11) is 3.80. The van der Waals surface area contributed by atoms with Crippen molar-refractivity contribution in [1.82, 2.24) is 10.6 Å². The number of phenolic OH excluding ortho intramolecular Hbond substituents is 1. The number of carbonyl (C=O) groups excluding carboxylic acids is 2. The van der Waals surface area contributed by atoms with Gasteiger partial charge in [-0.3, -0.25) is 19.4 Å². The average molecular weight is 941 g/mol. The van der Waals surface area contributed by atoms with Crippen LogP contribution in [0.25, 0.3) is 66.8 Å². The lowest BCUT2D eigenvalue weighted by Crippen LogP contribution is -2.25. The molecule has 0 saturated carbocycles. The van der Waals surface area contributed by atoms with E-state index in [1.807, 2.05) is 56.3 Å². The zero-order valence-electron chi connectivity index (χ0n) is 37.4. The van der Waals surface area contributed by atoms with Crippen molar-refractivity contribution in [2.45, 2.75) is 19.9 Å². The number of nitrogens with one attached hydrogen (secondary N) is 2. The van der Waals surface area contributed by atoms with Crippen LogP contribution in [0.2, 0.25) is 0 Å². The van der Waals surface area contributed by atoms with Crippen LogP contribution >= 0.6 is 0 Å². The molecule has 3 heterocycles. The summed E-state index contributed by atoms with van der Waals surface area (Å²) in [5.74, 6) is -5.09. The number of anilines is 1. The highest BCUT2D eigenvalue weighted by atomic mass is 16.5. The van der Waals surface area contributed by atoms with Crippen LogP contribution in [-0.4, -0.2) is 70.8 Å². The van der Waals surface area contributed by atoms with E-state index in [2.05, 4.69) is 15.6 Å².